The molecule has 0 unspecified atom stereocenters. The van der Waals surface area contributed by atoms with Gasteiger partial charge < -0.3 is 10.6 Å². The van der Waals surface area contributed by atoms with E-state index in [0.717, 1.165) is 14.8 Å². The van der Waals surface area contributed by atoms with E-state index in [-0.39, 0.29) is 5.82 Å². The van der Waals surface area contributed by atoms with Crippen LogP contribution in [0.2, 0.25) is 0 Å². The lowest BCUT2D eigenvalue weighted by Gasteiger charge is -2.18. The molecule has 0 fully saturated rings. The minimum atomic E-state index is -0.445. The molecule has 0 saturated carbocycles. The molecule has 0 saturated heterocycles. The van der Waals surface area contributed by atoms with Crippen LogP contribution in [0.3, 0.4) is 0 Å². The molecule has 0 aliphatic carbocycles. The maximum atomic E-state index is 12.1. The van der Waals surface area contributed by atoms with Gasteiger partial charge in [0.25, 0.3) is 5.56 Å². The summed E-state index contributed by atoms with van der Waals surface area (Å²) in [5.41, 5.74) is 6.46. The fourth-order valence-electron chi connectivity index (χ4n) is 1.89. The summed E-state index contributed by atoms with van der Waals surface area (Å²) in [7, 11) is 4.71. The van der Waals surface area contributed by atoms with Crippen LogP contribution in [0.15, 0.2) is 33.9 Å². The molecule has 2 N–H and O–H groups in total. The molecule has 0 amide bonds. The summed E-state index contributed by atoms with van der Waals surface area (Å²) in [6, 6.07) is 7.38. The standard InChI is InChI=1S/C13H17N5O2/c1-16(8-9-4-6-10(14)7-5-9)11-12(19)17(2)13(20)18(3)15-11/h4-7H,8,14H2,1-3H3. The number of benzene rings is 1. The van der Waals surface area contributed by atoms with Crippen LogP contribution >= 0.6 is 0 Å². The molecule has 0 aliphatic heterocycles. The first-order valence-electron chi connectivity index (χ1n) is 6.10. The molecular formula is C13H17N5O2. The van der Waals surface area contributed by atoms with Gasteiger partial charge in [-0.3, -0.25) is 9.36 Å². The summed E-state index contributed by atoms with van der Waals surface area (Å²) < 4.78 is 2.19. The molecule has 1 aromatic heterocycles. The van der Waals surface area contributed by atoms with Crippen LogP contribution in [-0.2, 0) is 20.6 Å². The molecular weight excluding hydrogens is 258 g/mol. The van der Waals surface area contributed by atoms with Crippen molar-refractivity contribution >= 4 is 11.5 Å². The van der Waals surface area contributed by atoms with Gasteiger partial charge in [0, 0.05) is 33.4 Å². The van der Waals surface area contributed by atoms with E-state index in [0.29, 0.717) is 12.2 Å². The smallest absolute Gasteiger partial charge is 0.346 e. The van der Waals surface area contributed by atoms with Gasteiger partial charge in [0.1, 0.15) is 0 Å². The molecule has 20 heavy (non-hydrogen) atoms. The Morgan fingerprint density at radius 2 is 1.80 bits per heavy atom. The molecule has 106 valence electrons. The van der Waals surface area contributed by atoms with Crippen LogP contribution in [0, 0.1) is 0 Å². The highest BCUT2D eigenvalue weighted by atomic mass is 16.2. The second kappa shape index (κ2) is 5.20. The minimum absolute atomic E-state index is 0.228. The average Bonchev–Trinajstić information content (AvgIpc) is 2.43. The van der Waals surface area contributed by atoms with E-state index in [4.69, 9.17) is 5.73 Å². The van der Waals surface area contributed by atoms with E-state index in [9.17, 15) is 9.59 Å². The number of anilines is 2. The van der Waals surface area contributed by atoms with Crippen molar-refractivity contribution in [2.24, 2.45) is 14.1 Å². The van der Waals surface area contributed by atoms with Crippen LogP contribution < -0.4 is 21.9 Å². The number of hydrogen-bond acceptors (Lipinski definition) is 5. The first-order valence-corrected chi connectivity index (χ1v) is 6.10. The summed E-state index contributed by atoms with van der Waals surface area (Å²) >= 11 is 0. The number of nitrogens with zero attached hydrogens (tertiary/aromatic N) is 4. The van der Waals surface area contributed by atoms with Crippen molar-refractivity contribution in [3.05, 3.63) is 50.7 Å². The number of rotatable bonds is 3. The van der Waals surface area contributed by atoms with Gasteiger partial charge in [-0.2, -0.15) is 0 Å². The van der Waals surface area contributed by atoms with E-state index in [2.05, 4.69) is 5.10 Å². The second-order valence-electron chi connectivity index (χ2n) is 4.69. The van der Waals surface area contributed by atoms with Gasteiger partial charge in [-0.05, 0) is 17.7 Å². The summed E-state index contributed by atoms with van der Waals surface area (Å²) in [6.07, 6.45) is 0. The van der Waals surface area contributed by atoms with Crippen LogP contribution in [0.1, 0.15) is 5.56 Å². The van der Waals surface area contributed by atoms with Crippen LogP contribution in [0.25, 0.3) is 0 Å². The Morgan fingerprint density at radius 3 is 2.40 bits per heavy atom. The Kier molecular flexibility index (Phi) is 3.60. The predicted octanol–water partition coefficient (Wildman–Crippen LogP) is -0.302. The third kappa shape index (κ3) is 2.56. The van der Waals surface area contributed by atoms with Gasteiger partial charge in [0.05, 0.1) is 0 Å². The van der Waals surface area contributed by atoms with Gasteiger partial charge in [0.15, 0.2) is 0 Å². The molecule has 0 spiro atoms. The normalized spacial score (nSPS) is 10.6. The van der Waals surface area contributed by atoms with Crippen molar-refractivity contribution in [3.63, 3.8) is 0 Å². The molecule has 2 rings (SSSR count). The third-order valence-corrected chi connectivity index (χ3v) is 3.07. The summed E-state index contributed by atoms with van der Waals surface area (Å²) in [6.45, 7) is 0.501. The van der Waals surface area contributed by atoms with Crippen molar-refractivity contribution in [3.8, 4) is 0 Å². The Balaban J connectivity index is 2.34. The second-order valence-corrected chi connectivity index (χ2v) is 4.69. The lowest BCUT2D eigenvalue weighted by atomic mass is 10.2. The molecule has 0 aliphatic rings. The highest BCUT2D eigenvalue weighted by Crippen LogP contribution is 2.10. The molecule has 7 nitrogen and oxygen atoms in total. The average molecular weight is 275 g/mol. The number of nitrogens with two attached hydrogens (primary N) is 1. The number of aromatic nitrogens is 3. The van der Waals surface area contributed by atoms with Crippen LogP contribution in [0.5, 0.6) is 0 Å². The van der Waals surface area contributed by atoms with E-state index >= 15 is 0 Å². The number of aryl methyl sites for hydroxylation is 1. The quantitative estimate of drug-likeness (QED) is 0.777. The fourth-order valence-corrected chi connectivity index (χ4v) is 1.89. The van der Waals surface area contributed by atoms with Crippen molar-refractivity contribution in [2.45, 2.75) is 6.54 Å². The molecule has 1 aromatic carbocycles. The number of nitrogen functional groups attached to an aromatic ring is 1. The van der Waals surface area contributed by atoms with Crippen molar-refractivity contribution < 1.29 is 0 Å². The molecule has 0 radical (unpaired) electrons. The molecule has 2 aromatic rings. The first-order chi connectivity index (χ1) is 9.40. The summed E-state index contributed by atoms with van der Waals surface area (Å²) in [5.74, 6) is 0.228. The zero-order chi connectivity index (χ0) is 14.9. The van der Waals surface area contributed by atoms with Crippen molar-refractivity contribution in [1.29, 1.82) is 0 Å². The highest BCUT2D eigenvalue weighted by molar-refractivity contribution is 5.41. The lowest BCUT2D eigenvalue weighted by Crippen LogP contribution is -2.42. The third-order valence-electron chi connectivity index (χ3n) is 3.07. The van der Waals surface area contributed by atoms with E-state index in [1.54, 1.807) is 24.1 Å². The Bertz CT molecular complexity index is 730. The maximum absolute atomic E-state index is 12.1. The SMILES string of the molecule is CN(Cc1ccc(N)cc1)c1nn(C)c(=O)n(C)c1=O. The monoisotopic (exact) mass is 275 g/mol. The molecule has 0 atom stereocenters. The Hall–Kier alpha value is -2.57. The topological polar surface area (TPSA) is 86.2 Å². The van der Waals surface area contributed by atoms with Crippen molar-refractivity contribution in [2.75, 3.05) is 17.7 Å². The van der Waals surface area contributed by atoms with Crippen LogP contribution in [0.4, 0.5) is 11.5 Å². The van der Waals surface area contributed by atoms with Gasteiger partial charge >= 0.3 is 5.69 Å². The van der Waals surface area contributed by atoms with E-state index in [1.165, 1.54) is 14.1 Å². The maximum Gasteiger partial charge on any atom is 0.346 e. The zero-order valence-corrected chi connectivity index (χ0v) is 11.7. The summed E-state index contributed by atoms with van der Waals surface area (Å²) in [4.78, 5) is 25.3. The van der Waals surface area contributed by atoms with Gasteiger partial charge in [-0.15, -0.1) is 5.10 Å². The molecule has 1 heterocycles. The van der Waals surface area contributed by atoms with Gasteiger partial charge in [-0.25, -0.2) is 9.48 Å². The van der Waals surface area contributed by atoms with Gasteiger partial charge in [0.2, 0.25) is 5.82 Å². The van der Waals surface area contributed by atoms with E-state index in [1.807, 2.05) is 12.1 Å². The largest absolute Gasteiger partial charge is 0.399 e. The zero-order valence-electron chi connectivity index (χ0n) is 11.7. The highest BCUT2D eigenvalue weighted by Gasteiger charge is 2.13. The minimum Gasteiger partial charge on any atom is -0.399 e. The van der Waals surface area contributed by atoms with Gasteiger partial charge in [-0.1, -0.05) is 12.1 Å². The van der Waals surface area contributed by atoms with Crippen molar-refractivity contribution in [1.82, 2.24) is 14.3 Å². The number of hydrogen-bond donors (Lipinski definition) is 1. The van der Waals surface area contributed by atoms with Crippen LogP contribution in [-0.4, -0.2) is 21.4 Å². The lowest BCUT2D eigenvalue weighted by molar-refractivity contribution is 0.593. The fraction of sp³-hybridized carbons (Fsp3) is 0.308. The molecule has 0 bridgehead atoms. The van der Waals surface area contributed by atoms with E-state index < -0.39 is 11.2 Å². The first kappa shape index (κ1) is 13.9. The summed E-state index contributed by atoms with van der Waals surface area (Å²) in [5, 5.41) is 4.02. The predicted molar refractivity (Wildman–Crippen MR) is 77.7 cm³/mol. The Morgan fingerprint density at radius 1 is 1.20 bits per heavy atom. The molecule has 7 heteroatoms. The Labute approximate surface area is 115 Å².